The average Bonchev–Trinajstić information content (AvgIpc) is 2.71. The highest BCUT2D eigenvalue weighted by Crippen LogP contribution is 2.27. The molecule has 0 aliphatic carbocycles. The van der Waals surface area contributed by atoms with Gasteiger partial charge in [-0.3, -0.25) is 9.59 Å². The number of aromatic hydroxyl groups is 1. The molecule has 0 bridgehead atoms. The molecule has 0 spiro atoms. The predicted octanol–water partition coefficient (Wildman–Crippen LogP) is 2.93. The second kappa shape index (κ2) is 7.79. The lowest BCUT2D eigenvalue weighted by molar-refractivity contribution is 0.0600. The number of hydrogen-bond acceptors (Lipinski definition) is 5. The first-order valence-corrected chi connectivity index (χ1v) is 8.43. The van der Waals surface area contributed by atoms with Crippen LogP contribution in [0.4, 0.5) is 5.69 Å². The van der Waals surface area contributed by atoms with E-state index in [-0.39, 0.29) is 17.9 Å². The van der Waals surface area contributed by atoms with Crippen LogP contribution in [0.3, 0.4) is 0 Å². The number of allylic oxidation sites excluding steroid dienone is 1. The van der Waals surface area contributed by atoms with E-state index in [0.717, 1.165) is 0 Å². The van der Waals surface area contributed by atoms with Crippen molar-refractivity contribution in [1.29, 1.82) is 0 Å². The molecule has 28 heavy (non-hydrogen) atoms. The molecule has 3 aromatic rings. The summed E-state index contributed by atoms with van der Waals surface area (Å²) in [7, 11) is 1.27. The smallest absolute Gasteiger partial charge is 0.337 e. The van der Waals surface area contributed by atoms with Gasteiger partial charge in [0.25, 0.3) is 11.5 Å². The molecule has 7 heteroatoms. The summed E-state index contributed by atoms with van der Waals surface area (Å²) in [5.41, 5.74) is 0.198. The molecular weight excluding hydrogens is 360 g/mol. The molecular formula is C21H18N2O5. The van der Waals surface area contributed by atoms with Gasteiger partial charge < -0.3 is 19.7 Å². The third kappa shape index (κ3) is 3.37. The number of nitrogens with zero attached hydrogens (tertiary/aromatic N) is 1. The summed E-state index contributed by atoms with van der Waals surface area (Å²) in [5.74, 6) is -1.64. The average molecular weight is 378 g/mol. The zero-order chi connectivity index (χ0) is 20.3. The predicted molar refractivity (Wildman–Crippen MR) is 106 cm³/mol. The Morgan fingerprint density at radius 1 is 1.18 bits per heavy atom. The van der Waals surface area contributed by atoms with Gasteiger partial charge in [-0.2, -0.15) is 0 Å². The van der Waals surface area contributed by atoms with Crippen LogP contribution in [0, 0.1) is 0 Å². The number of esters is 1. The van der Waals surface area contributed by atoms with Crippen molar-refractivity contribution < 1.29 is 19.4 Å². The number of rotatable bonds is 5. The lowest BCUT2D eigenvalue weighted by atomic mass is 10.1. The number of pyridine rings is 1. The maximum Gasteiger partial charge on any atom is 0.337 e. The molecule has 0 atom stereocenters. The number of nitrogens with one attached hydrogen (secondary N) is 1. The van der Waals surface area contributed by atoms with E-state index in [2.05, 4.69) is 16.6 Å². The zero-order valence-corrected chi connectivity index (χ0v) is 15.1. The number of methoxy groups -OCH3 is 1. The van der Waals surface area contributed by atoms with Crippen LogP contribution in [-0.2, 0) is 11.3 Å². The van der Waals surface area contributed by atoms with Crippen molar-refractivity contribution in [3.8, 4) is 5.75 Å². The zero-order valence-electron chi connectivity index (χ0n) is 15.1. The fourth-order valence-electron chi connectivity index (χ4n) is 2.91. The van der Waals surface area contributed by atoms with Crippen molar-refractivity contribution in [3.63, 3.8) is 0 Å². The van der Waals surface area contributed by atoms with Gasteiger partial charge in [0.2, 0.25) is 0 Å². The van der Waals surface area contributed by atoms with Gasteiger partial charge in [0.05, 0.1) is 18.2 Å². The molecule has 7 nitrogen and oxygen atoms in total. The second-order valence-electron chi connectivity index (χ2n) is 5.97. The van der Waals surface area contributed by atoms with Gasteiger partial charge in [0.1, 0.15) is 11.3 Å². The molecule has 0 unspecified atom stereocenters. The van der Waals surface area contributed by atoms with E-state index in [1.165, 1.54) is 42.0 Å². The number of carbonyl (C=O) groups is 2. The summed E-state index contributed by atoms with van der Waals surface area (Å²) >= 11 is 0. The summed E-state index contributed by atoms with van der Waals surface area (Å²) < 4.78 is 6.00. The van der Waals surface area contributed by atoms with Gasteiger partial charge in [0, 0.05) is 17.6 Å². The quantitative estimate of drug-likeness (QED) is 0.525. The van der Waals surface area contributed by atoms with Gasteiger partial charge in [-0.25, -0.2) is 4.79 Å². The molecule has 1 amide bonds. The third-order valence-electron chi connectivity index (χ3n) is 4.25. The first-order chi connectivity index (χ1) is 13.5. The van der Waals surface area contributed by atoms with Crippen molar-refractivity contribution in [2.24, 2.45) is 0 Å². The maximum absolute atomic E-state index is 12.8. The van der Waals surface area contributed by atoms with Crippen LogP contribution in [0.2, 0.25) is 0 Å². The number of para-hydroxylation sites is 1. The molecule has 2 N–H and O–H groups in total. The van der Waals surface area contributed by atoms with Crippen molar-refractivity contribution >= 4 is 28.5 Å². The number of ether oxygens (including phenoxy) is 1. The minimum Gasteiger partial charge on any atom is -0.506 e. The van der Waals surface area contributed by atoms with Crippen LogP contribution < -0.4 is 10.9 Å². The lowest BCUT2D eigenvalue weighted by Gasteiger charge is -2.14. The molecule has 0 saturated heterocycles. The molecule has 142 valence electrons. The number of hydrogen-bond donors (Lipinski definition) is 2. The van der Waals surface area contributed by atoms with Gasteiger partial charge in [-0.15, -0.1) is 6.58 Å². The topological polar surface area (TPSA) is 97.6 Å². The highest BCUT2D eigenvalue weighted by molar-refractivity contribution is 6.09. The van der Waals surface area contributed by atoms with Crippen LogP contribution >= 0.6 is 0 Å². The number of aromatic nitrogens is 1. The monoisotopic (exact) mass is 378 g/mol. The largest absolute Gasteiger partial charge is 0.506 e. The van der Waals surface area contributed by atoms with Crippen molar-refractivity contribution in [2.45, 2.75) is 6.54 Å². The van der Waals surface area contributed by atoms with E-state index in [4.69, 9.17) is 0 Å². The first-order valence-electron chi connectivity index (χ1n) is 8.43. The highest BCUT2D eigenvalue weighted by atomic mass is 16.5. The van der Waals surface area contributed by atoms with Gasteiger partial charge in [0.15, 0.2) is 0 Å². The van der Waals surface area contributed by atoms with Crippen LogP contribution in [-0.4, -0.2) is 28.7 Å². The highest BCUT2D eigenvalue weighted by Gasteiger charge is 2.22. The molecule has 0 aliphatic rings. The van der Waals surface area contributed by atoms with Gasteiger partial charge in [-0.1, -0.05) is 18.2 Å². The normalized spacial score (nSPS) is 10.5. The van der Waals surface area contributed by atoms with E-state index in [1.54, 1.807) is 24.3 Å². The standard InChI is InChI=1S/C21H18N2O5/c1-3-12-23-16-7-5-4-6-15(16)18(24)17(20(23)26)19(25)22-14-10-8-13(9-11-14)21(27)28-2/h3-11,24H,1,12H2,2H3,(H,22,25). The fraction of sp³-hybridized carbons (Fsp3) is 0.0952. The van der Waals surface area contributed by atoms with E-state index >= 15 is 0 Å². The molecule has 1 heterocycles. The number of amides is 1. The Balaban J connectivity index is 2.03. The Morgan fingerprint density at radius 2 is 1.86 bits per heavy atom. The number of fused-ring (bicyclic) bond motifs is 1. The lowest BCUT2D eigenvalue weighted by Crippen LogP contribution is -2.29. The molecule has 0 fully saturated rings. The van der Waals surface area contributed by atoms with Gasteiger partial charge in [-0.05, 0) is 36.4 Å². The first kappa shape index (κ1) is 18.9. The SMILES string of the molecule is C=CCn1c(=O)c(C(=O)Nc2ccc(C(=O)OC)cc2)c(O)c2ccccc21. The Morgan fingerprint density at radius 3 is 2.50 bits per heavy atom. The molecule has 0 aliphatic heterocycles. The molecule has 1 aromatic heterocycles. The third-order valence-corrected chi connectivity index (χ3v) is 4.25. The van der Waals surface area contributed by atoms with Crippen molar-refractivity contribution in [2.75, 3.05) is 12.4 Å². The number of anilines is 1. The number of carbonyl (C=O) groups excluding carboxylic acids is 2. The second-order valence-corrected chi connectivity index (χ2v) is 5.97. The molecule has 3 rings (SSSR count). The molecule has 2 aromatic carbocycles. The minimum absolute atomic E-state index is 0.188. The fourth-order valence-corrected chi connectivity index (χ4v) is 2.91. The Labute approximate surface area is 160 Å². The van der Waals surface area contributed by atoms with E-state index in [0.29, 0.717) is 22.2 Å². The van der Waals surface area contributed by atoms with E-state index in [9.17, 15) is 19.5 Å². The Kier molecular flexibility index (Phi) is 5.26. The van der Waals surface area contributed by atoms with Gasteiger partial charge >= 0.3 is 5.97 Å². The summed E-state index contributed by atoms with van der Waals surface area (Å²) in [6.07, 6.45) is 1.54. The molecule has 0 saturated carbocycles. The van der Waals surface area contributed by atoms with Crippen LogP contribution in [0.5, 0.6) is 5.75 Å². The summed E-state index contributed by atoms with van der Waals surface area (Å²) in [4.78, 5) is 37.1. The Hall–Kier alpha value is -3.87. The van der Waals surface area contributed by atoms with E-state index < -0.39 is 17.4 Å². The summed E-state index contributed by atoms with van der Waals surface area (Å²) in [6.45, 7) is 3.83. The minimum atomic E-state index is -0.753. The van der Waals surface area contributed by atoms with Crippen LogP contribution in [0.1, 0.15) is 20.7 Å². The van der Waals surface area contributed by atoms with Crippen molar-refractivity contribution in [1.82, 2.24) is 4.57 Å². The summed E-state index contributed by atoms with van der Waals surface area (Å²) in [6, 6.07) is 12.7. The molecule has 0 radical (unpaired) electrons. The van der Waals surface area contributed by atoms with E-state index in [1.807, 2.05) is 0 Å². The Bertz CT molecular complexity index is 1130. The maximum atomic E-state index is 12.8. The summed E-state index contributed by atoms with van der Waals surface area (Å²) in [5, 5.41) is 13.5. The van der Waals surface area contributed by atoms with Crippen LogP contribution in [0.25, 0.3) is 10.9 Å². The van der Waals surface area contributed by atoms with Crippen LogP contribution in [0.15, 0.2) is 66.0 Å². The number of benzene rings is 2. The van der Waals surface area contributed by atoms with Crippen molar-refractivity contribution in [3.05, 3.63) is 82.7 Å².